The summed E-state index contributed by atoms with van der Waals surface area (Å²) < 4.78 is 12.2. The van der Waals surface area contributed by atoms with Crippen molar-refractivity contribution in [3.63, 3.8) is 0 Å². The number of hydrogen-bond donors (Lipinski definition) is 2. The number of anilines is 1. The third kappa shape index (κ3) is 3.97. The summed E-state index contributed by atoms with van der Waals surface area (Å²) in [5.41, 5.74) is 7.41. The van der Waals surface area contributed by atoms with Gasteiger partial charge in [0.2, 0.25) is 5.91 Å². The number of aromatic nitrogens is 1. The van der Waals surface area contributed by atoms with E-state index < -0.39 is 18.3 Å². The van der Waals surface area contributed by atoms with Gasteiger partial charge in [-0.25, -0.2) is 4.98 Å². The summed E-state index contributed by atoms with van der Waals surface area (Å²) in [7, 11) is -0.551. The van der Waals surface area contributed by atoms with Crippen molar-refractivity contribution < 1.29 is 14.1 Å². The highest BCUT2D eigenvalue weighted by Crippen LogP contribution is 2.38. The van der Waals surface area contributed by atoms with Gasteiger partial charge in [0.1, 0.15) is 5.82 Å². The lowest BCUT2D eigenvalue weighted by Gasteiger charge is -2.32. The number of hydrogen-bond acceptors (Lipinski definition) is 5. The molecule has 7 heteroatoms. The zero-order valence-corrected chi connectivity index (χ0v) is 15.3. The van der Waals surface area contributed by atoms with E-state index in [9.17, 15) is 4.79 Å². The van der Waals surface area contributed by atoms with Gasteiger partial charge in [-0.2, -0.15) is 0 Å². The van der Waals surface area contributed by atoms with Crippen molar-refractivity contribution in [3.8, 4) is 0 Å². The predicted octanol–water partition coefficient (Wildman–Crippen LogP) is 2.12. The van der Waals surface area contributed by atoms with E-state index in [1.165, 1.54) is 6.92 Å². The lowest BCUT2D eigenvalue weighted by molar-refractivity contribution is -0.118. The van der Waals surface area contributed by atoms with Gasteiger partial charge >= 0.3 is 7.12 Å². The number of nitrogen functional groups attached to an aromatic ring is 1. The van der Waals surface area contributed by atoms with Crippen LogP contribution in [0.5, 0.6) is 0 Å². The number of nitrogens with two attached hydrogens (primary N) is 1. The van der Waals surface area contributed by atoms with Crippen LogP contribution in [0.1, 0.15) is 45.9 Å². The Balaban J connectivity index is 2.37. The maximum absolute atomic E-state index is 11.3. The number of carbonyl (C=O) groups is 1. The second-order valence-electron chi connectivity index (χ2n) is 7.16. The second kappa shape index (κ2) is 6.57. The maximum Gasteiger partial charge on any atom is 0.492 e. The number of rotatable bonds is 4. The Kier molecular flexibility index (Phi) is 5.06. The molecular formula is C17H26BN3O3. The van der Waals surface area contributed by atoms with Crippen LogP contribution in [0.3, 0.4) is 0 Å². The van der Waals surface area contributed by atoms with Crippen LogP contribution in [0, 0.1) is 6.92 Å². The Hall–Kier alpha value is -1.86. The molecule has 1 aliphatic heterocycles. The predicted molar refractivity (Wildman–Crippen MR) is 96.1 cm³/mol. The van der Waals surface area contributed by atoms with Crippen molar-refractivity contribution in [1.29, 1.82) is 0 Å². The highest BCUT2D eigenvalue weighted by molar-refractivity contribution is 6.56. The number of aryl methyl sites for hydroxylation is 1. The molecule has 0 radical (unpaired) electrons. The molecule has 0 bridgehead atoms. The molecule has 0 aromatic carbocycles. The van der Waals surface area contributed by atoms with E-state index in [0.29, 0.717) is 12.4 Å². The average Bonchev–Trinajstić information content (AvgIpc) is 2.66. The van der Waals surface area contributed by atoms with Gasteiger partial charge in [-0.15, -0.1) is 0 Å². The zero-order valence-electron chi connectivity index (χ0n) is 15.3. The molecule has 1 aliphatic rings. The van der Waals surface area contributed by atoms with Gasteiger partial charge in [0.25, 0.3) is 0 Å². The zero-order chi connectivity index (χ0) is 18.1. The van der Waals surface area contributed by atoms with Crippen LogP contribution >= 0.6 is 0 Å². The SMILES string of the molecule is CC(=O)NCC(=Cc1nc(N)ccc1C)B1OC(C)(C)C(C)(C)O1. The molecule has 1 aromatic rings. The molecular weight excluding hydrogens is 305 g/mol. The highest BCUT2D eigenvalue weighted by Gasteiger charge is 2.52. The fourth-order valence-corrected chi connectivity index (χ4v) is 2.31. The van der Waals surface area contributed by atoms with Gasteiger partial charge in [-0.3, -0.25) is 4.79 Å². The monoisotopic (exact) mass is 331 g/mol. The average molecular weight is 331 g/mol. The normalized spacial score (nSPS) is 19.4. The summed E-state index contributed by atoms with van der Waals surface area (Å²) in [4.78, 5) is 15.7. The molecule has 0 atom stereocenters. The first-order valence-corrected chi connectivity index (χ1v) is 8.05. The molecule has 0 saturated carbocycles. The Bertz CT molecular complexity index is 655. The van der Waals surface area contributed by atoms with Gasteiger partial charge in [-0.1, -0.05) is 6.07 Å². The van der Waals surface area contributed by atoms with Gasteiger partial charge in [0, 0.05) is 13.5 Å². The largest absolute Gasteiger partial charge is 0.492 e. The van der Waals surface area contributed by atoms with Crippen molar-refractivity contribution in [2.24, 2.45) is 0 Å². The van der Waals surface area contributed by atoms with Crippen molar-refractivity contribution in [2.75, 3.05) is 12.3 Å². The molecule has 1 saturated heterocycles. The number of nitrogens with zero attached hydrogens (tertiary/aromatic N) is 1. The first-order chi connectivity index (χ1) is 11.0. The number of pyridine rings is 1. The quantitative estimate of drug-likeness (QED) is 0.826. The smallest absolute Gasteiger partial charge is 0.400 e. The van der Waals surface area contributed by atoms with E-state index in [4.69, 9.17) is 15.0 Å². The van der Waals surface area contributed by atoms with Crippen molar-refractivity contribution in [3.05, 3.63) is 28.9 Å². The van der Waals surface area contributed by atoms with Crippen LogP contribution in [0.4, 0.5) is 5.82 Å². The first kappa shape index (κ1) is 18.5. The minimum Gasteiger partial charge on any atom is -0.400 e. The molecule has 3 N–H and O–H groups in total. The molecule has 24 heavy (non-hydrogen) atoms. The van der Waals surface area contributed by atoms with E-state index in [-0.39, 0.29) is 5.91 Å². The minimum atomic E-state index is -0.551. The van der Waals surface area contributed by atoms with Crippen molar-refractivity contribution >= 4 is 24.9 Å². The van der Waals surface area contributed by atoms with Gasteiger partial charge in [0.15, 0.2) is 0 Å². The molecule has 2 heterocycles. The number of nitrogens with one attached hydrogen (secondary N) is 1. The summed E-state index contributed by atoms with van der Waals surface area (Å²) in [5.74, 6) is 0.328. The maximum atomic E-state index is 11.3. The van der Waals surface area contributed by atoms with Crippen molar-refractivity contribution in [2.45, 2.75) is 52.7 Å². The summed E-state index contributed by atoms with van der Waals surface area (Å²) in [6.45, 7) is 11.7. The summed E-state index contributed by atoms with van der Waals surface area (Å²) in [5, 5.41) is 2.81. The molecule has 1 amide bonds. The van der Waals surface area contributed by atoms with Crippen LogP contribution in [0.15, 0.2) is 17.6 Å². The van der Waals surface area contributed by atoms with Crippen LogP contribution < -0.4 is 11.1 Å². The second-order valence-corrected chi connectivity index (χ2v) is 7.16. The van der Waals surface area contributed by atoms with E-state index in [2.05, 4.69) is 10.3 Å². The topological polar surface area (TPSA) is 86.5 Å². The molecule has 0 aliphatic carbocycles. The minimum absolute atomic E-state index is 0.116. The first-order valence-electron chi connectivity index (χ1n) is 8.05. The summed E-state index contributed by atoms with van der Waals surface area (Å²) in [6.07, 6.45) is 1.88. The number of carbonyl (C=O) groups excluding carboxylic acids is 1. The Morgan fingerprint density at radius 2 is 1.88 bits per heavy atom. The molecule has 1 aromatic heterocycles. The third-order valence-corrected chi connectivity index (χ3v) is 4.58. The molecule has 0 spiro atoms. The van der Waals surface area contributed by atoms with Crippen molar-refractivity contribution in [1.82, 2.24) is 10.3 Å². The Morgan fingerprint density at radius 3 is 2.42 bits per heavy atom. The lowest BCUT2D eigenvalue weighted by atomic mass is 9.77. The van der Waals surface area contributed by atoms with E-state index >= 15 is 0 Å². The van der Waals surface area contributed by atoms with Crippen LogP contribution in [-0.2, 0) is 14.1 Å². The Morgan fingerprint density at radius 1 is 1.29 bits per heavy atom. The molecule has 130 valence electrons. The summed E-state index contributed by atoms with van der Waals surface area (Å²) >= 11 is 0. The van der Waals surface area contributed by atoms with Crippen LogP contribution in [0.25, 0.3) is 6.08 Å². The molecule has 1 fully saturated rings. The standard InChI is InChI=1S/C17H26BN3O3/c1-11-7-8-15(19)21-14(11)9-13(10-20-12(2)22)18-23-16(3,4)17(5,6)24-18/h7-9H,10H2,1-6H3,(H2,19,21)(H,20,22). The molecule has 2 rings (SSSR count). The number of amides is 1. The van der Waals surface area contributed by atoms with Gasteiger partial charge in [0.05, 0.1) is 16.9 Å². The van der Waals surface area contributed by atoms with E-state index in [1.807, 2.05) is 46.8 Å². The third-order valence-electron chi connectivity index (χ3n) is 4.58. The lowest BCUT2D eigenvalue weighted by Crippen LogP contribution is -2.41. The summed E-state index contributed by atoms with van der Waals surface area (Å²) in [6, 6.07) is 3.67. The van der Waals surface area contributed by atoms with Crippen LogP contribution in [-0.4, -0.2) is 35.8 Å². The van der Waals surface area contributed by atoms with Gasteiger partial charge < -0.3 is 20.4 Å². The van der Waals surface area contributed by atoms with E-state index in [1.54, 1.807) is 6.07 Å². The molecule has 6 nitrogen and oxygen atoms in total. The van der Waals surface area contributed by atoms with Gasteiger partial charge in [-0.05, 0) is 57.8 Å². The fraction of sp³-hybridized carbons (Fsp3) is 0.529. The van der Waals surface area contributed by atoms with E-state index in [0.717, 1.165) is 16.7 Å². The Labute approximate surface area is 144 Å². The fourth-order valence-electron chi connectivity index (χ4n) is 2.31. The highest BCUT2D eigenvalue weighted by atomic mass is 16.7. The van der Waals surface area contributed by atoms with Crippen LogP contribution in [0.2, 0.25) is 0 Å². The molecule has 0 unspecified atom stereocenters.